The molecule has 0 N–H and O–H groups in total. The van der Waals surface area contributed by atoms with Crippen LogP contribution in [0.15, 0.2) is 53.7 Å². The molecule has 0 spiro atoms. The molecular weight excluding hydrogens is 354 g/mol. The zero-order valence-corrected chi connectivity index (χ0v) is 15.8. The topological polar surface area (TPSA) is 39.9 Å². The summed E-state index contributed by atoms with van der Waals surface area (Å²) >= 11 is 7.62. The smallest absolute Gasteiger partial charge is 0.191 e. The number of hydrogen-bond donors (Lipinski definition) is 0. The zero-order valence-electron chi connectivity index (χ0n) is 14.3. The zero-order chi connectivity index (χ0) is 17.6. The van der Waals surface area contributed by atoms with E-state index in [0.717, 1.165) is 39.6 Å². The molecule has 25 heavy (non-hydrogen) atoms. The Labute approximate surface area is 157 Å². The van der Waals surface area contributed by atoms with Crippen LogP contribution in [0.5, 0.6) is 5.75 Å². The summed E-state index contributed by atoms with van der Waals surface area (Å²) in [7, 11) is 0. The first-order chi connectivity index (χ1) is 12.2. The number of rotatable bonds is 7. The van der Waals surface area contributed by atoms with E-state index in [4.69, 9.17) is 16.3 Å². The number of hydrogen-bond acceptors (Lipinski definition) is 4. The van der Waals surface area contributed by atoms with Crippen LogP contribution < -0.4 is 4.74 Å². The number of ether oxygens (including phenoxy) is 1. The first kappa shape index (κ1) is 17.8. The summed E-state index contributed by atoms with van der Waals surface area (Å²) in [5.74, 6) is 2.58. The summed E-state index contributed by atoms with van der Waals surface area (Å²) in [6.07, 6.45) is 0. The van der Waals surface area contributed by atoms with Crippen LogP contribution >= 0.6 is 23.4 Å². The molecular formula is C19H20ClN3OS. The molecule has 0 radical (unpaired) electrons. The summed E-state index contributed by atoms with van der Waals surface area (Å²) < 4.78 is 7.63. The Hall–Kier alpha value is -1.98. The number of aromatic nitrogens is 3. The van der Waals surface area contributed by atoms with Gasteiger partial charge >= 0.3 is 0 Å². The van der Waals surface area contributed by atoms with Crippen molar-refractivity contribution < 1.29 is 4.74 Å². The third kappa shape index (κ3) is 4.35. The van der Waals surface area contributed by atoms with Crippen LogP contribution in [-0.2, 0) is 12.3 Å². The van der Waals surface area contributed by atoms with Gasteiger partial charge in [0.1, 0.15) is 5.75 Å². The van der Waals surface area contributed by atoms with E-state index in [-0.39, 0.29) is 0 Å². The van der Waals surface area contributed by atoms with E-state index in [2.05, 4.69) is 21.7 Å². The molecule has 0 amide bonds. The van der Waals surface area contributed by atoms with Crippen molar-refractivity contribution in [3.05, 3.63) is 59.1 Å². The van der Waals surface area contributed by atoms with Crippen molar-refractivity contribution in [2.45, 2.75) is 31.3 Å². The van der Waals surface area contributed by atoms with Gasteiger partial charge in [-0.3, -0.25) is 0 Å². The molecule has 0 saturated heterocycles. The highest BCUT2D eigenvalue weighted by Gasteiger charge is 2.13. The summed E-state index contributed by atoms with van der Waals surface area (Å²) in [4.78, 5) is 0. The Morgan fingerprint density at radius 2 is 1.72 bits per heavy atom. The van der Waals surface area contributed by atoms with E-state index in [0.29, 0.717) is 6.61 Å². The van der Waals surface area contributed by atoms with Gasteiger partial charge in [0, 0.05) is 22.9 Å². The molecule has 0 aliphatic rings. The lowest BCUT2D eigenvalue weighted by molar-refractivity contribution is 0.340. The van der Waals surface area contributed by atoms with Crippen molar-refractivity contribution in [2.75, 3.05) is 6.61 Å². The molecule has 0 fully saturated rings. The molecule has 0 aliphatic heterocycles. The highest BCUT2D eigenvalue weighted by atomic mass is 35.5. The minimum atomic E-state index is 0.663. The standard InChI is InChI=1S/C19H20ClN3OS/c1-3-23-18(15-7-11-17(12-8-15)24-4-2)21-22-19(23)25-13-14-5-9-16(20)10-6-14/h5-12H,3-4,13H2,1-2H3. The third-order valence-electron chi connectivity index (χ3n) is 3.74. The van der Waals surface area contributed by atoms with Gasteiger partial charge in [-0.15, -0.1) is 10.2 Å². The highest BCUT2D eigenvalue weighted by molar-refractivity contribution is 7.98. The summed E-state index contributed by atoms with van der Waals surface area (Å²) in [6.45, 7) is 5.56. The fourth-order valence-corrected chi connectivity index (χ4v) is 3.57. The molecule has 3 rings (SSSR count). The van der Waals surface area contributed by atoms with Gasteiger partial charge in [-0.1, -0.05) is 35.5 Å². The van der Waals surface area contributed by atoms with E-state index in [1.807, 2.05) is 55.5 Å². The molecule has 0 bridgehead atoms. The van der Waals surface area contributed by atoms with Gasteiger partial charge < -0.3 is 9.30 Å². The van der Waals surface area contributed by atoms with E-state index in [9.17, 15) is 0 Å². The normalized spacial score (nSPS) is 10.8. The van der Waals surface area contributed by atoms with Crippen LogP contribution in [0.3, 0.4) is 0 Å². The molecule has 0 atom stereocenters. The third-order valence-corrected chi connectivity index (χ3v) is 5.03. The van der Waals surface area contributed by atoms with E-state index < -0.39 is 0 Å². The van der Waals surface area contributed by atoms with Gasteiger partial charge in [0.05, 0.1) is 6.61 Å². The maximum absolute atomic E-state index is 5.94. The largest absolute Gasteiger partial charge is 0.494 e. The van der Waals surface area contributed by atoms with Crippen molar-refractivity contribution in [3.63, 3.8) is 0 Å². The van der Waals surface area contributed by atoms with Gasteiger partial charge in [0.15, 0.2) is 11.0 Å². The van der Waals surface area contributed by atoms with E-state index in [1.54, 1.807) is 11.8 Å². The Kier molecular flexibility index (Phi) is 6.00. The predicted octanol–water partition coefficient (Wildman–Crippen LogP) is 5.31. The lowest BCUT2D eigenvalue weighted by Crippen LogP contribution is -2.00. The lowest BCUT2D eigenvalue weighted by Gasteiger charge is -2.08. The Balaban J connectivity index is 1.77. The van der Waals surface area contributed by atoms with Crippen molar-refractivity contribution in [1.29, 1.82) is 0 Å². The van der Waals surface area contributed by atoms with Crippen molar-refractivity contribution in [1.82, 2.24) is 14.8 Å². The Bertz CT molecular complexity index is 816. The molecule has 130 valence electrons. The summed E-state index contributed by atoms with van der Waals surface area (Å²) in [5.41, 5.74) is 2.25. The number of benzene rings is 2. The van der Waals surface area contributed by atoms with Crippen LogP contribution in [0, 0.1) is 0 Å². The number of halogens is 1. The number of thioether (sulfide) groups is 1. The molecule has 4 nitrogen and oxygen atoms in total. The van der Waals surface area contributed by atoms with Gasteiger partial charge in [-0.25, -0.2) is 0 Å². The maximum atomic E-state index is 5.94. The first-order valence-corrected chi connectivity index (χ1v) is 9.61. The monoisotopic (exact) mass is 373 g/mol. The summed E-state index contributed by atoms with van der Waals surface area (Å²) in [5, 5.41) is 10.4. The van der Waals surface area contributed by atoms with Gasteiger partial charge in [-0.05, 0) is 55.8 Å². The summed E-state index contributed by atoms with van der Waals surface area (Å²) in [6, 6.07) is 15.9. The fourth-order valence-electron chi connectivity index (χ4n) is 2.49. The van der Waals surface area contributed by atoms with Crippen molar-refractivity contribution >= 4 is 23.4 Å². The van der Waals surface area contributed by atoms with Gasteiger partial charge in [-0.2, -0.15) is 0 Å². The van der Waals surface area contributed by atoms with Crippen LogP contribution in [0.25, 0.3) is 11.4 Å². The molecule has 2 aromatic carbocycles. The molecule has 6 heteroatoms. The molecule has 0 saturated carbocycles. The quantitative estimate of drug-likeness (QED) is 0.526. The maximum Gasteiger partial charge on any atom is 0.191 e. The molecule has 0 unspecified atom stereocenters. The van der Waals surface area contributed by atoms with E-state index >= 15 is 0 Å². The number of nitrogens with zero attached hydrogens (tertiary/aromatic N) is 3. The SMILES string of the molecule is CCOc1ccc(-c2nnc(SCc3ccc(Cl)cc3)n2CC)cc1. The second-order valence-electron chi connectivity index (χ2n) is 5.42. The lowest BCUT2D eigenvalue weighted by atomic mass is 10.2. The average molecular weight is 374 g/mol. The molecule has 3 aromatic rings. The van der Waals surface area contributed by atoms with Crippen LogP contribution in [0.4, 0.5) is 0 Å². The predicted molar refractivity (Wildman–Crippen MR) is 103 cm³/mol. The van der Waals surface area contributed by atoms with Crippen LogP contribution in [-0.4, -0.2) is 21.4 Å². The Morgan fingerprint density at radius 1 is 1.00 bits per heavy atom. The molecule has 1 aromatic heterocycles. The first-order valence-electron chi connectivity index (χ1n) is 8.25. The fraction of sp³-hybridized carbons (Fsp3) is 0.263. The van der Waals surface area contributed by atoms with Crippen molar-refractivity contribution in [3.8, 4) is 17.1 Å². The molecule has 0 aliphatic carbocycles. The second kappa shape index (κ2) is 8.41. The molecule has 1 heterocycles. The Morgan fingerprint density at radius 3 is 2.36 bits per heavy atom. The van der Waals surface area contributed by atoms with Gasteiger partial charge in [0.25, 0.3) is 0 Å². The minimum absolute atomic E-state index is 0.663. The van der Waals surface area contributed by atoms with Crippen LogP contribution in [0.2, 0.25) is 5.02 Å². The van der Waals surface area contributed by atoms with Crippen LogP contribution in [0.1, 0.15) is 19.4 Å². The van der Waals surface area contributed by atoms with Crippen molar-refractivity contribution in [2.24, 2.45) is 0 Å². The average Bonchev–Trinajstić information content (AvgIpc) is 3.05. The van der Waals surface area contributed by atoms with Gasteiger partial charge in [0.2, 0.25) is 0 Å². The minimum Gasteiger partial charge on any atom is -0.494 e. The highest BCUT2D eigenvalue weighted by Crippen LogP contribution is 2.27. The van der Waals surface area contributed by atoms with E-state index in [1.165, 1.54) is 5.56 Å². The second-order valence-corrected chi connectivity index (χ2v) is 6.80.